The third-order valence-corrected chi connectivity index (χ3v) is 0.763. The summed E-state index contributed by atoms with van der Waals surface area (Å²) in [6.07, 6.45) is 0. The second-order valence-electron chi connectivity index (χ2n) is 2.26. The largest absolute Gasteiger partial charge is 0.492 e. The Morgan fingerprint density at radius 3 is 2.00 bits per heavy atom. The topological polar surface area (TPSA) is 45.0 Å². The number of hydrogen-bond donors (Lipinski definition) is 1. The molecule has 3 heteroatoms. The Hall–Kier alpha value is -1.12. The zero-order valence-electron chi connectivity index (χ0n) is 6.55. The highest BCUT2D eigenvalue weighted by atomic mass is 16.3. The molecule has 0 unspecified atom stereocenters. The summed E-state index contributed by atoms with van der Waals surface area (Å²) in [6.45, 7) is 8.72. The van der Waals surface area contributed by atoms with Crippen LogP contribution in [0, 0.1) is 0 Å². The van der Waals surface area contributed by atoms with Crippen molar-refractivity contribution in [3.8, 4) is 0 Å². The van der Waals surface area contributed by atoms with E-state index in [0.29, 0.717) is 5.70 Å². The zero-order chi connectivity index (χ0) is 8.15. The lowest BCUT2D eigenvalue weighted by Crippen LogP contribution is -1.77. The van der Waals surface area contributed by atoms with Crippen molar-refractivity contribution in [3.63, 3.8) is 0 Å². The predicted octanol–water partition coefficient (Wildman–Crippen LogP) is 2.78. The van der Waals surface area contributed by atoms with Crippen molar-refractivity contribution in [2.24, 2.45) is 10.2 Å². The summed E-state index contributed by atoms with van der Waals surface area (Å²) >= 11 is 0. The molecule has 0 radical (unpaired) electrons. The van der Waals surface area contributed by atoms with Crippen molar-refractivity contribution < 1.29 is 5.11 Å². The standard InChI is InChI=1S/C7H12N2O/c1-5(2)7(10)9-8-6(3)4/h10H,3H2,1-2,4H3/b9-8-. The van der Waals surface area contributed by atoms with E-state index in [1.165, 1.54) is 0 Å². The first kappa shape index (κ1) is 8.88. The molecule has 0 spiro atoms. The van der Waals surface area contributed by atoms with Gasteiger partial charge in [0.15, 0.2) is 0 Å². The molecule has 0 saturated heterocycles. The zero-order valence-corrected chi connectivity index (χ0v) is 6.55. The molecular formula is C7H12N2O. The van der Waals surface area contributed by atoms with E-state index in [1.54, 1.807) is 20.8 Å². The maximum absolute atomic E-state index is 8.95. The molecule has 0 aliphatic carbocycles. The normalized spacial score (nSPS) is 9.90. The molecule has 1 N–H and O–H groups in total. The second kappa shape index (κ2) is 3.82. The van der Waals surface area contributed by atoms with Crippen LogP contribution >= 0.6 is 0 Å². The highest BCUT2D eigenvalue weighted by Crippen LogP contribution is 2.02. The van der Waals surface area contributed by atoms with E-state index in [9.17, 15) is 0 Å². The number of nitrogens with zero attached hydrogens (tertiary/aromatic N) is 2. The van der Waals surface area contributed by atoms with Gasteiger partial charge in [0, 0.05) is 0 Å². The van der Waals surface area contributed by atoms with E-state index in [4.69, 9.17) is 5.11 Å². The van der Waals surface area contributed by atoms with E-state index in [2.05, 4.69) is 16.8 Å². The van der Waals surface area contributed by atoms with E-state index in [0.717, 1.165) is 5.57 Å². The molecule has 0 amide bonds. The fraction of sp³-hybridized carbons (Fsp3) is 0.429. The minimum atomic E-state index is -0.0389. The molecule has 0 aromatic heterocycles. The number of hydrogen-bond acceptors (Lipinski definition) is 3. The van der Waals surface area contributed by atoms with Crippen molar-refractivity contribution in [1.82, 2.24) is 0 Å². The van der Waals surface area contributed by atoms with E-state index in [1.807, 2.05) is 0 Å². The van der Waals surface area contributed by atoms with Crippen LogP contribution in [0.4, 0.5) is 0 Å². The van der Waals surface area contributed by atoms with Gasteiger partial charge in [-0.1, -0.05) is 6.58 Å². The monoisotopic (exact) mass is 140 g/mol. The molecule has 0 bridgehead atoms. The van der Waals surface area contributed by atoms with Crippen LogP contribution in [0.5, 0.6) is 0 Å². The Bertz CT molecular complexity index is 188. The van der Waals surface area contributed by atoms with Crippen molar-refractivity contribution >= 4 is 0 Å². The second-order valence-corrected chi connectivity index (χ2v) is 2.26. The number of aliphatic hydroxyl groups is 1. The molecular weight excluding hydrogens is 128 g/mol. The van der Waals surface area contributed by atoms with Crippen molar-refractivity contribution in [3.05, 3.63) is 23.7 Å². The summed E-state index contributed by atoms with van der Waals surface area (Å²) in [7, 11) is 0. The Labute approximate surface area is 60.8 Å². The van der Waals surface area contributed by atoms with Crippen LogP contribution in [0.25, 0.3) is 0 Å². The quantitative estimate of drug-likeness (QED) is 0.465. The SMILES string of the molecule is C=C(C)/N=N\C(O)=C(C)C. The lowest BCUT2D eigenvalue weighted by atomic mass is 10.4. The van der Waals surface area contributed by atoms with Crippen molar-refractivity contribution in [2.75, 3.05) is 0 Å². The molecule has 0 aliphatic heterocycles. The molecule has 0 aliphatic rings. The summed E-state index contributed by atoms with van der Waals surface area (Å²) in [5.41, 5.74) is 1.32. The maximum atomic E-state index is 8.95. The Kier molecular flexibility index (Phi) is 3.39. The highest BCUT2D eigenvalue weighted by molar-refractivity contribution is 4.98. The molecule has 0 fully saturated rings. The van der Waals surface area contributed by atoms with Gasteiger partial charge in [0.05, 0.1) is 5.70 Å². The molecule has 3 nitrogen and oxygen atoms in total. The minimum absolute atomic E-state index is 0.0389. The average Bonchev–Trinajstić information content (AvgIpc) is 1.82. The van der Waals surface area contributed by atoms with Gasteiger partial charge < -0.3 is 5.11 Å². The summed E-state index contributed by atoms with van der Waals surface area (Å²) in [6, 6.07) is 0. The Morgan fingerprint density at radius 1 is 1.20 bits per heavy atom. The molecule has 0 heterocycles. The summed E-state index contributed by atoms with van der Waals surface area (Å²) < 4.78 is 0. The van der Waals surface area contributed by atoms with E-state index >= 15 is 0 Å². The molecule has 10 heavy (non-hydrogen) atoms. The van der Waals surface area contributed by atoms with Crippen molar-refractivity contribution in [2.45, 2.75) is 20.8 Å². The molecule has 0 aromatic carbocycles. The Balaban J connectivity index is 4.16. The first-order chi connectivity index (χ1) is 4.54. The van der Waals surface area contributed by atoms with Crippen LogP contribution in [0.3, 0.4) is 0 Å². The lowest BCUT2D eigenvalue weighted by Gasteiger charge is -1.90. The molecule has 0 rings (SSSR count). The van der Waals surface area contributed by atoms with Crippen LogP contribution in [0.15, 0.2) is 34.0 Å². The van der Waals surface area contributed by atoms with Crippen LogP contribution in [0.1, 0.15) is 20.8 Å². The van der Waals surface area contributed by atoms with Crippen LogP contribution in [-0.2, 0) is 0 Å². The van der Waals surface area contributed by atoms with Crippen LogP contribution in [-0.4, -0.2) is 5.11 Å². The summed E-state index contributed by atoms with van der Waals surface area (Å²) in [4.78, 5) is 0. The average molecular weight is 140 g/mol. The third kappa shape index (κ3) is 3.83. The molecule has 0 aromatic rings. The van der Waals surface area contributed by atoms with E-state index in [-0.39, 0.29) is 5.88 Å². The van der Waals surface area contributed by atoms with Gasteiger partial charge in [-0.3, -0.25) is 0 Å². The van der Waals surface area contributed by atoms with Gasteiger partial charge in [-0.05, 0) is 26.3 Å². The van der Waals surface area contributed by atoms with Crippen LogP contribution < -0.4 is 0 Å². The van der Waals surface area contributed by atoms with Gasteiger partial charge in [-0.25, -0.2) is 0 Å². The predicted molar refractivity (Wildman–Crippen MR) is 40.7 cm³/mol. The summed E-state index contributed by atoms with van der Waals surface area (Å²) in [5.74, 6) is -0.0389. The summed E-state index contributed by atoms with van der Waals surface area (Å²) in [5, 5.41) is 16.0. The fourth-order valence-electron chi connectivity index (χ4n) is 0.233. The third-order valence-electron chi connectivity index (χ3n) is 0.763. The van der Waals surface area contributed by atoms with Gasteiger partial charge in [-0.15, -0.1) is 5.11 Å². The minimum Gasteiger partial charge on any atom is -0.492 e. The first-order valence-electron chi connectivity index (χ1n) is 2.97. The Morgan fingerprint density at radius 2 is 1.70 bits per heavy atom. The van der Waals surface area contributed by atoms with Gasteiger partial charge in [0.1, 0.15) is 0 Å². The number of azo groups is 1. The van der Waals surface area contributed by atoms with Crippen LogP contribution in [0.2, 0.25) is 0 Å². The highest BCUT2D eigenvalue weighted by Gasteiger charge is 1.89. The maximum Gasteiger partial charge on any atom is 0.229 e. The number of aliphatic hydroxyl groups excluding tert-OH is 1. The number of allylic oxidation sites excluding steroid dienone is 2. The molecule has 56 valence electrons. The molecule has 0 atom stereocenters. The van der Waals surface area contributed by atoms with E-state index < -0.39 is 0 Å². The van der Waals surface area contributed by atoms with Gasteiger partial charge >= 0.3 is 0 Å². The lowest BCUT2D eigenvalue weighted by molar-refractivity contribution is 0.392. The smallest absolute Gasteiger partial charge is 0.229 e. The van der Waals surface area contributed by atoms with Crippen molar-refractivity contribution in [1.29, 1.82) is 0 Å². The van der Waals surface area contributed by atoms with Gasteiger partial charge in [0.2, 0.25) is 5.88 Å². The number of rotatable bonds is 2. The first-order valence-corrected chi connectivity index (χ1v) is 2.97. The molecule has 0 saturated carbocycles. The van der Waals surface area contributed by atoms with Gasteiger partial charge in [-0.2, -0.15) is 5.11 Å². The van der Waals surface area contributed by atoms with Gasteiger partial charge in [0.25, 0.3) is 0 Å². The fourth-order valence-corrected chi connectivity index (χ4v) is 0.233.